The third kappa shape index (κ3) is 7.48. The maximum absolute atomic E-state index is 13.8. The zero-order chi connectivity index (χ0) is 37.8. The fourth-order valence-corrected chi connectivity index (χ4v) is 7.57. The molecule has 16 nitrogen and oxygen atoms in total. The van der Waals surface area contributed by atoms with E-state index in [0.717, 1.165) is 0 Å². The highest BCUT2D eigenvalue weighted by molar-refractivity contribution is 6.08. The quantitative estimate of drug-likeness (QED) is 0.155. The standard InChI is InChI=1S/C38H40N10O6/c1-52-37(51)23-7-8-24(19-39)31(17-23)47-22-30(35(46-47)42-26-5-3-2-4-6-26)36(50)44-28-11-9-27(10-12-28)43-34-29(33(41)49)21-48(45-34)32-18-38(53-15-16-54-38)14-13-25(32)20-40/h2-6,9-12,21-25,31-32H,7-8,13-18H2,1H3,(H2,41,49)(H,42,46)(H,43,45)(H,44,50). The summed E-state index contributed by atoms with van der Waals surface area (Å²) in [5.74, 6) is -2.88. The number of amides is 2. The van der Waals surface area contributed by atoms with E-state index in [1.807, 2.05) is 30.3 Å². The molecule has 3 heterocycles. The minimum absolute atomic E-state index is 0.155. The van der Waals surface area contributed by atoms with Crippen LogP contribution in [0.15, 0.2) is 67.0 Å². The molecule has 0 bridgehead atoms. The highest BCUT2D eigenvalue weighted by Gasteiger charge is 2.46. The van der Waals surface area contributed by atoms with Crippen LogP contribution in [0.2, 0.25) is 0 Å². The number of nitriles is 2. The Kier molecular flexibility index (Phi) is 10.3. The van der Waals surface area contributed by atoms with E-state index >= 15 is 0 Å². The monoisotopic (exact) mass is 732 g/mol. The summed E-state index contributed by atoms with van der Waals surface area (Å²) in [6.07, 6.45) is 6.11. The number of hydrogen-bond acceptors (Lipinski definition) is 12. The molecule has 5 atom stereocenters. The van der Waals surface area contributed by atoms with Crippen molar-refractivity contribution in [1.29, 1.82) is 10.5 Å². The summed E-state index contributed by atoms with van der Waals surface area (Å²) in [5.41, 5.74) is 7.89. The molecule has 7 rings (SSSR count). The lowest BCUT2D eigenvalue weighted by molar-refractivity contribution is -0.190. The van der Waals surface area contributed by atoms with Crippen LogP contribution in [0.4, 0.5) is 28.7 Å². The third-order valence-corrected chi connectivity index (χ3v) is 10.4. The molecule has 1 spiro atoms. The average molecular weight is 733 g/mol. The van der Waals surface area contributed by atoms with Gasteiger partial charge in [-0.2, -0.15) is 20.7 Å². The molecule has 2 saturated carbocycles. The molecule has 2 aliphatic carbocycles. The Morgan fingerprint density at radius 1 is 0.833 bits per heavy atom. The second-order valence-electron chi connectivity index (χ2n) is 13.7. The lowest BCUT2D eigenvalue weighted by Gasteiger charge is -2.38. The number of esters is 1. The number of carbonyl (C=O) groups is 3. The fraction of sp³-hybridized carbons (Fsp3) is 0.395. The van der Waals surface area contributed by atoms with Crippen LogP contribution in [0.5, 0.6) is 0 Å². The third-order valence-electron chi connectivity index (χ3n) is 10.4. The molecular weight excluding hydrogens is 692 g/mol. The molecule has 1 saturated heterocycles. The number of para-hydroxylation sites is 1. The van der Waals surface area contributed by atoms with Gasteiger partial charge in [0.25, 0.3) is 11.8 Å². The Morgan fingerprint density at radius 2 is 1.43 bits per heavy atom. The van der Waals surface area contributed by atoms with Crippen LogP contribution in [-0.2, 0) is 19.0 Å². The first-order chi connectivity index (χ1) is 26.2. The van der Waals surface area contributed by atoms with Gasteiger partial charge in [0, 0.05) is 42.3 Å². The molecule has 3 aliphatic rings. The zero-order valence-corrected chi connectivity index (χ0v) is 29.6. The first-order valence-electron chi connectivity index (χ1n) is 17.8. The van der Waals surface area contributed by atoms with Crippen molar-refractivity contribution in [3.05, 3.63) is 78.1 Å². The Morgan fingerprint density at radius 3 is 2.07 bits per heavy atom. The van der Waals surface area contributed by atoms with Gasteiger partial charge in [0.05, 0.1) is 62.3 Å². The van der Waals surface area contributed by atoms with Crippen LogP contribution in [0.3, 0.4) is 0 Å². The fourth-order valence-electron chi connectivity index (χ4n) is 7.57. The van der Waals surface area contributed by atoms with Crippen molar-refractivity contribution in [2.24, 2.45) is 23.5 Å². The predicted molar refractivity (Wildman–Crippen MR) is 194 cm³/mol. The van der Waals surface area contributed by atoms with E-state index in [9.17, 15) is 24.9 Å². The SMILES string of the molecule is COC(=O)C1CCC(C#N)C(n2cc(C(=O)Nc3ccc(Nc4nn(C5CC6(CCC5C#N)OCCO6)cc4C(N)=O)cc3)c(Nc3ccccc3)n2)C1. The molecule has 0 radical (unpaired) electrons. The molecular formula is C38H40N10O6. The highest BCUT2D eigenvalue weighted by atomic mass is 16.7. The number of nitrogens with one attached hydrogen (secondary N) is 3. The van der Waals surface area contributed by atoms with E-state index in [0.29, 0.717) is 68.8 Å². The van der Waals surface area contributed by atoms with Gasteiger partial charge in [0.1, 0.15) is 11.1 Å². The van der Waals surface area contributed by atoms with Crippen molar-refractivity contribution in [2.75, 3.05) is 36.3 Å². The first kappa shape index (κ1) is 36.1. The summed E-state index contributed by atoms with van der Waals surface area (Å²) in [5, 5.41) is 38.5. The summed E-state index contributed by atoms with van der Waals surface area (Å²) in [6.45, 7) is 0.965. The molecule has 278 valence electrons. The Hall–Kier alpha value is -6.23. The van der Waals surface area contributed by atoms with Gasteiger partial charge in [-0.05, 0) is 62.1 Å². The van der Waals surface area contributed by atoms with Crippen LogP contribution in [0, 0.1) is 40.4 Å². The number of carbonyl (C=O) groups excluding carboxylic acids is 3. The molecule has 2 aromatic carbocycles. The minimum Gasteiger partial charge on any atom is -0.469 e. The lowest BCUT2D eigenvalue weighted by Crippen LogP contribution is -2.41. The van der Waals surface area contributed by atoms with Gasteiger partial charge >= 0.3 is 5.97 Å². The van der Waals surface area contributed by atoms with Gasteiger partial charge in [-0.1, -0.05) is 18.2 Å². The van der Waals surface area contributed by atoms with Crippen molar-refractivity contribution >= 4 is 46.5 Å². The summed E-state index contributed by atoms with van der Waals surface area (Å²) in [7, 11) is 1.35. The van der Waals surface area contributed by atoms with E-state index in [4.69, 9.17) is 25.0 Å². The molecule has 5 unspecified atom stereocenters. The smallest absolute Gasteiger partial charge is 0.308 e. The lowest BCUT2D eigenvalue weighted by atomic mass is 9.79. The largest absolute Gasteiger partial charge is 0.469 e. The maximum Gasteiger partial charge on any atom is 0.308 e. The van der Waals surface area contributed by atoms with Gasteiger partial charge in [0.2, 0.25) is 0 Å². The summed E-state index contributed by atoms with van der Waals surface area (Å²) in [6, 6.07) is 20.0. The van der Waals surface area contributed by atoms with Crippen LogP contribution in [0.1, 0.15) is 71.3 Å². The zero-order valence-electron chi connectivity index (χ0n) is 29.6. The second kappa shape index (κ2) is 15.4. The number of ether oxygens (including phenoxy) is 3. The van der Waals surface area contributed by atoms with Gasteiger partial charge in [-0.25, -0.2) is 0 Å². The maximum atomic E-state index is 13.8. The molecule has 4 aromatic rings. The first-order valence-corrected chi connectivity index (χ1v) is 17.8. The number of aromatic nitrogens is 4. The molecule has 16 heteroatoms. The summed E-state index contributed by atoms with van der Waals surface area (Å²) in [4.78, 5) is 38.7. The Labute approximate surface area is 311 Å². The van der Waals surface area contributed by atoms with E-state index in [-0.39, 0.29) is 40.6 Å². The number of anilines is 5. The van der Waals surface area contributed by atoms with Gasteiger partial charge in [0.15, 0.2) is 17.4 Å². The number of methoxy groups -OCH3 is 1. The number of hydrogen-bond donors (Lipinski definition) is 4. The van der Waals surface area contributed by atoms with E-state index < -0.39 is 35.6 Å². The molecule has 3 fully saturated rings. The Balaban J connectivity index is 1.10. The van der Waals surface area contributed by atoms with Gasteiger partial charge in [-0.15, -0.1) is 0 Å². The van der Waals surface area contributed by atoms with Crippen molar-refractivity contribution in [2.45, 2.75) is 56.4 Å². The minimum atomic E-state index is -0.774. The van der Waals surface area contributed by atoms with Crippen molar-refractivity contribution in [3.63, 3.8) is 0 Å². The number of nitrogens with two attached hydrogens (primary N) is 1. The average Bonchev–Trinajstić information content (AvgIpc) is 3.95. The number of primary amides is 1. The number of rotatable bonds is 10. The molecule has 5 N–H and O–H groups in total. The van der Waals surface area contributed by atoms with Crippen molar-refractivity contribution in [3.8, 4) is 12.1 Å². The summed E-state index contributed by atoms with van der Waals surface area (Å²) < 4.78 is 20.0. The summed E-state index contributed by atoms with van der Waals surface area (Å²) >= 11 is 0. The van der Waals surface area contributed by atoms with Crippen molar-refractivity contribution < 1.29 is 28.6 Å². The van der Waals surface area contributed by atoms with Crippen LogP contribution >= 0.6 is 0 Å². The van der Waals surface area contributed by atoms with Gasteiger partial charge in [-0.3, -0.25) is 23.7 Å². The van der Waals surface area contributed by atoms with Gasteiger partial charge < -0.3 is 35.9 Å². The molecule has 2 aromatic heterocycles. The van der Waals surface area contributed by atoms with E-state index in [2.05, 4.69) is 33.2 Å². The van der Waals surface area contributed by atoms with E-state index in [1.165, 1.54) is 7.11 Å². The van der Waals surface area contributed by atoms with Crippen LogP contribution in [-0.4, -0.2) is 63.5 Å². The Bertz CT molecular complexity index is 2090. The molecule has 1 aliphatic heterocycles. The number of benzene rings is 2. The van der Waals surface area contributed by atoms with Crippen LogP contribution < -0.4 is 21.7 Å². The van der Waals surface area contributed by atoms with E-state index in [1.54, 1.807) is 46.0 Å². The molecule has 54 heavy (non-hydrogen) atoms. The van der Waals surface area contributed by atoms with Crippen LogP contribution in [0.25, 0.3) is 0 Å². The second-order valence-corrected chi connectivity index (χ2v) is 13.7. The normalized spacial score (nSPS) is 23.1. The number of nitrogens with zero attached hydrogens (tertiary/aromatic N) is 6. The highest BCUT2D eigenvalue weighted by Crippen LogP contribution is 2.44. The topological polar surface area (TPSA) is 224 Å². The molecule has 2 amide bonds. The predicted octanol–water partition coefficient (Wildman–Crippen LogP) is 5.18. The van der Waals surface area contributed by atoms with Crippen molar-refractivity contribution in [1.82, 2.24) is 19.6 Å².